The van der Waals surface area contributed by atoms with Gasteiger partial charge in [-0.2, -0.15) is 0 Å². The molecule has 0 bridgehead atoms. The SMILES string of the molecule is CCN(CC)S[S-].[Na+]. The van der Waals surface area contributed by atoms with Crippen molar-refractivity contribution in [2.75, 3.05) is 13.1 Å². The number of hydrogen-bond donors (Lipinski definition) is 0. The molecule has 0 unspecified atom stereocenters. The average Bonchev–Trinajstić information content (AvgIpc) is 1.72. The molecule has 0 aliphatic carbocycles. The fourth-order valence-corrected chi connectivity index (χ4v) is 1.17. The maximum Gasteiger partial charge on any atom is 1.00 e. The zero-order valence-corrected chi connectivity index (χ0v) is 9.31. The fourth-order valence-electron chi connectivity index (χ4n) is 0.329. The first kappa shape index (κ1) is 12.3. The van der Waals surface area contributed by atoms with E-state index in [2.05, 4.69) is 18.2 Å². The first-order valence-electron chi connectivity index (χ1n) is 2.40. The molecule has 0 saturated carbocycles. The van der Waals surface area contributed by atoms with Crippen molar-refractivity contribution in [3.63, 3.8) is 0 Å². The van der Waals surface area contributed by atoms with E-state index in [0.29, 0.717) is 0 Å². The standard InChI is InChI=1S/C4H11NS2.Na/c1-3-5(4-2)7-6;/h6H,3-4H2,1-2H3;/q;+1/p-1. The second-order valence-corrected chi connectivity index (χ2v) is 2.30. The Labute approximate surface area is 82.8 Å². The normalized spacial score (nSPS) is 9.00. The van der Waals surface area contributed by atoms with E-state index in [1.165, 1.54) is 11.0 Å². The van der Waals surface area contributed by atoms with Gasteiger partial charge in [0, 0.05) is 13.1 Å². The predicted molar refractivity (Wildman–Crippen MR) is 37.9 cm³/mol. The van der Waals surface area contributed by atoms with E-state index in [0.717, 1.165) is 13.1 Å². The van der Waals surface area contributed by atoms with E-state index in [9.17, 15) is 0 Å². The van der Waals surface area contributed by atoms with Gasteiger partial charge in [-0.15, -0.1) is 0 Å². The summed E-state index contributed by atoms with van der Waals surface area (Å²) in [4.78, 5) is 0. The molecule has 0 aromatic carbocycles. The second-order valence-electron chi connectivity index (χ2n) is 1.19. The molecule has 0 aromatic rings. The smallest absolute Gasteiger partial charge is 0.702 e. The molecule has 0 saturated heterocycles. The molecule has 4 heteroatoms. The van der Waals surface area contributed by atoms with E-state index in [4.69, 9.17) is 11.7 Å². The quantitative estimate of drug-likeness (QED) is 0.212. The number of hydrogen-bond acceptors (Lipinski definition) is 3. The van der Waals surface area contributed by atoms with Crippen molar-refractivity contribution in [1.82, 2.24) is 4.31 Å². The fraction of sp³-hybridized carbons (Fsp3) is 1.00. The Kier molecular flexibility index (Phi) is 13.4. The van der Waals surface area contributed by atoms with Crippen LogP contribution in [0.25, 0.3) is 0 Å². The van der Waals surface area contributed by atoms with Gasteiger partial charge in [-0.3, -0.25) is 15.3 Å². The van der Waals surface area contributed by atoms with Crippen molar-refractivity contribution in [2.45, 2.75) is 13.8 Å². The molecule has 8 heavy (non-hydrogen) atoms. The summed E-state index contributed by atoms with van der Waals surface area (Å²) >= 11 is 4.71. The molecule has 44 valence electrons. The zero-order chi connectivity index (χ0) is 5.70. The van der Waals surface area contributed by atoms with Gasteiger partial charge in [0.05, 0.1) is 0 Å². The van der Waals surface area contributed by atoms with E-state index >= 15 is 0 Å². The van der Waals surface area contributed by atoms with Crippen LogP contribution in [0, 0.1) is 0 Å². The first-order chi connectivity index (χ1) is 3.35. The van der Waals surface area contributed by atoms with E-state index in [1.54, 1.807) is 0 Å². The van der Waals surface area contributed by atoms with Crippen molar-refractivity contribution >= 4 is 22.6 Å². The molecule has 0 aliphatic heterocycles. The summed E-state index contributed by atoms with van der Waals surface area (Å²) in [7, 11) is 1.39. The van der Waals surface area contributed by atoms with Gasteiger partial charge in [-0.1, -0.05) is 13.8 Å². The maximum atomic E-state index is 4.71. The van der Waals surface area contributed by atoms with Crippen LogP contribution >= 0.6 is 11.0 Å². The zero-order valence-electron chi connectivity index (χ0n) is 5.68. The van der Waals surface area contributed by atoms with E-state index < -0.39 is 0 Å². The average molecular weight is 159 g/mol. The largest absolute Gasteiger partial charge is 1.00 e. The summed E-state index contributed by atoms with van der Waals surface area (Å²) in [6.07, 6.45) is 0. The second kappa shape index (κ2) is 8.66. The Morgan fingerprint density at radius 2 is 1.75 bits per heavy atom. The van der Waals surface area contributed by atoms with Crippen LogP contribution in [-0.4, -0.2) is 17.4 Å². The van der Waals surface area contributed by atoms with Crippen LogP contribution < -0.4 is 29.6 Å². The molecule has 0 N–H and O–H groups in total. The Hall–Kier alpha value is 1.66. The number of nitrogens with zero attached hydrogens (tertiary/aromatic N) is 1. The Morgan fingerprint density at radius 1 is 1.38 bits per heavy atom. The predicted octanol–water partition coefficient (Wildman–Crippen LogP) is -1.56. The third-order valence-electron chi connectivity index (χ3n) is 0.811. The molecule has 0 fully saturated rings. The first-order valence-corrected chi connectivity index (χ1v) is 4.09. The molecule has 1 nitrogen and oxygen atoms in total. The minimum absolute atomic E-state index is 0. The van der Waals surface area contributed by atoms with Gasteiger partial charge >= 0.3 is 29.6 Å². The Bertz CT molecular complexity index is 35.5. The molecular weight excluding hydrogens is 149 g/mol. The van der Waals surface area contributed by atoms with Crippen molar-refractivity contribution in [1.29, 1.82) is 0 Å². The summed E-state index contributed by atoms with van der Waals surface area (Å²) in [5.74, 6) is 0. The van der Waals surface area contributed by atoms with Gasteiger partial charge in [0.1, 0.15) is 0 Å². The molecule has 0 radical (unpaired) electrons. The minimum atomic E-state index is 0. The summed E-state index contributed by atoms with van der Waals surface area (Å²) in [5, 5.41) is 0. The van der Waals surface area contributed by atoms with Crippen LogP contribution in [0.4, 0.5) is 0 Å². The van der Waals surface area contributed by atoms with Crippen molar-refractivity contribution in [3.05, 3.63) is 0 Å². The van der Waals surface area contributed by atoms with Gasteiger partial charge in [0.2, 0.25) is 0 Å². The van der Waals surface area contributed by atoms with Crippen LogP contribution in [0.1, 0.15) is 13.8 Å². The molecule has 0 atom stereocenters. The van der Waals surface area contributed by atoms with Crippen LogP contribution in [0.5, 0.6) is 0 Å². The topological polar surface area (TPSA) is 3.24 Å². The van der Waals surface area contributed by atoms with Crippen molar-refractivity contribution in [2.24, 2.45) is 0 Å². The van der Waals surface area contributed by atoms with Gasteiger partial charge in [0.25, 0.3) is 0 Å². The number of rotatable bonds is 3. The molecule has 0 amide bonds. The summed E-state index contributed by atoms with van der Waals surface area (Å²) in [6, 6.07) is 0. The molecule has 0 rings (SSSR count). The van der Waals surface area contributed by atoms with E-state index in [1.807, 2.05) is 0 Å². The summed E-state index contributed by atoms with van der Waals surface area (Å²) < 4.78 is 2.11. The monoisotopic (exact) mass is 159 g/mol. The van der Waals surface area contributed by atoms with Crippen LogP contribution in [-0.2, 0) is 11.7 Å². The van der Waals surface area contributed by atoms with Crippen molar-refractivity contribution < 1.29 is 29.6 Å². The van der Waals surface area contributed by atoms with Crippen LogP contribution in [0.2, 0.25) is 0 Å². The Balaban J connectivity index is 0. The van der Waals surface area contributed by atoms with Gasteiger partial charge in [0.15, 0.2) is 0 Å². The van der Waals surface area contributed by atoms with Crippen molar-refractivity contribution in [3.8, 4) is 0 Å². The molecule has 0 aliphatic rings. The Morgan fingerprint density at radius 3 is 1.75 bits per heavy atom. The minimum Gasteiger partial charge on any atom is -0.702 e. The molecule has 0 spiro atoms. The van der Waals surface area contributed by atoms with Gasteiger partial charge in [-0.25, -0.2) is 0 Å². The van der Waals surface area contributed by atoms with E-state index in [-0.39, 0.29) is 29.6 Å². The summed E-state index contributed by atoms with van der Waals surface area (Å²) in [5.41, 5.74) is 0. The van der Waals surface area contributed by atoms with Crippen LogP contribution in [0.3, 0.4) is 0 Å². The maximum absolute atomic E-state index is 4.71. The third kappa shape index (κ3) is 5.79. The van der Waals surface area contributed by atoms with Crippen LogP contribution in [0.15, 0.2) is 0 Å². The van der Waals surface area contributed by atoms with Gasteiger partial charge in [-0.05, 0) is 0 Å². The summed E-state index contributed by atoms with van der Waals surface area (Å²) in [6.45, 7) is 6.29. The third-order valence-corrected chi connectivity index (χ3v) is 2.17. The molecule has 0 aromatic heterocycles. The molecule has 0 heterocycles. The van der Waals surface area contributed by atoms with Gasteiger partial charge < -0.3 is 11.7 Å². The molecular formula is C4H10NNaS2.